The molecule has 0 radical (unpaired) electrons. The van der Waals surface area contributed by atoms with E-state index in [0.29, 0.717) is 37.1 Å². The van der Waals surface area contributed by atoms with E-state index in [-0.39, 0.29) is 17.6 Å². The van der Waals surface area contributed by atoms with Crippen molar-refractivity contribution < 1.29 is 13.9 Å². The van der Waals surface area contributed by atoms with Crippen molar-refractivity contribution in [3.63, 3.8) is 0 Å². The van der Waals surface area contributed by atoms with Crippen LogP contribution in [0, 0.1) is 19.7 Å². The molecule has 0 N–H and O–H groups in total. The van der Waals surface area contributed by atoms with Crippen LogP contribution in [-0.2, 0) is 11.3 Å². The van der Waals surface area contributed by atoms with Crippen molar-refractivity contribution in [2.45, 2.75) is 26.5 Å². The van der Waals surface area contributed by atoms with E-state index in [1.165, 1.54) is 12.1 Å². The molecule has 1 aliphatic heterocycles. The number of fused-ring (bicyclic) bond motifs is 1. The number of morpholine rings is 1. The van der Waals surface area contributed by atoms with Crippen LogP contribution in [0.3, 0.4) is 0 Å². The summed E-state index contributed by atoms with van der Waals surface area (Å²) in [4.78, 5) is 19.1. The van der Waals surface area contributed by atoms with E-state index in [9.17, 15) is 9.18 Å². The molecule has 7 heteroatoms. The van der Waals surface area contributed by atoms with E-state index in [0.717, 1.165) is 11.4 Å². The monoisotopic (exact) mass is 368 g/mol. The molecule has 0 aliphatic carbocycles. The molecule has 1 atom stereocenters. The molecule has 0 saturated carbocycles. The molecular weight excluding hydrogens is 347 g/mol. The third kappa shape index (κ3) is 3.55. The fraction of sp³-hybridized carbons (Fsp3) is 0.350. The summed E-state index contributed by atoms with van der Waals surface area (Å²) in [5.74, 6) is -0.661. The molecule has 27 heavy (non-hydrogen) atoms. The van der Waals surface area contributed by atoms with Crippen LogP contribution in [0.2, 0.25) is 0 Å². The Kier molecular flexibility index (Phi) is 4.61. The Hall–Kier alpha value is -2.80. The van der Waals surface area contributed by atoms with Crippen LogP contribution >= 0.6 is 0 Å². The molecule has 1 saturated heterocycles. The second-order valence-corrected chi connectivity index (χ2v) is 6.88. The minimum atomic E-state index is -0.439. The van der Waals surface area contributed by atoms with Crippen molar-refractivity contribution in [1.29, 1.82) is 0 Å². The number of hydrogen-bond donors (Lipinski definition) is 0. The van der Waals surface area contributed by atoms with Crippen LogP contribution in [0.1, 0.15) is 21.7 Å². The van der Waals surface area contributed by atoms with Crippen LogP contribution in [0.5, 0.6) is 0 Å². The van der Waals surface area contributed by atoms with Gasteiger partial charge in [-0.25, -0.2) is 4.39 Å². The lowest BCUT2D eigenvalue weighted by molar-refractivity contribution is -0.0302. The van der Waals surface area contributed by atoms with E-state index in [2.05, 4.69) is 10.1 Å². The topological polar surface area (TPSA) is 60.2 Å². The Balaban J connectivity index is 1.56. The van der Waals surface area contributed by atoms with Crippen LogP contribution in [0.4, 0.5) is 4.39 Å². The number of aryl methyl sites for hydroxylation is 2. The maximum atomic E-state index is 14.0. The largest absolute Gasteiger partial charge is 0.373 e. The van der Waals surface area contributed by atoms with Crippen LogP contribution in [0.15, 0.2) is 36.5 Å². The van der Waals surface area contributed by atoms with Crippen molar-refractivity contribution in [2.75, 3.05) is 19.7 Å². The van der Waals surface area contributed by atoms with Gasteiger partial charge < -0.3 is 9.64 Å². The first-order valence-electron chi connectivity index (χ1n) is 8.97. The summed E-state index contributed by atoms with van der Waals surface area (Å²) >= 11 is 0. The predicted molar refractivity (Wildman–Crippen MR) is 99.0 cm³/mol. The zero-order chi connectivity index (χ0) is 19.0. The fourth-order valence-corrected chi connectivity index (χ4v) is 3.56. The predicted octanol–water partition coefficient (Wildman–Crippen LogP) is 2.73. The minimum Gasteiger partial charge on any atom is -0.373 e. The van der Waals surface area contributed by atoms with E-state index >= 15 is 0 Å². The van der Waals surface area contributed by atoms with Gasteiger partial charge in [-0.05, 0) is 38.1 Å². The van der Waals surface area contributed by atoms with Gasteiger partial charge in [-0.3, -0.25) is 14.5 Å². The first-order chi connectivity index (χ1) is 13.0. The third-order valence-electron chi connectivity index (χ3n) is 4.81. The molecule has 0 spiro atoms. The molecule has 1 fully saturated rings. The number of pyridine rings is 1. The van der Waals surface area contributed by atoms with Gasteiger partial charge in [0.25, 0.3) is 5.91 Å². The summed E-state index contributed by atoms with van der Waals surface area (Å²) in [5, 5.41) is 5.08. The second kappa shape index (κ2) is 7.08. The first-order valence-corrected chi connectivity index (χ1v) is 8.97. The zero-order valence-electron chi connectivity index (χ0n) is 15.4. The first kappa shape index (κ1) is 17.6. The molecule has 1 aliphatic rings. The van der Waals surface area contributed by atoms with Gasteiger partial charge in [0.2, 0.25) is 0 Å². The van der Waals surface area contributed by atoms with Crippen molar-refractivity contribution in [3.05, 3.63) is 59.3 Å². The lowest BCUT2D eigenvalue weighted by atomic mass is 10.1. The van der Waals surface area contributed by atoms with Gasteiger partial charge in [-0.15, -0.1) is 0 Å². The Morgan fingerprint density at radius 3 is 2.96 bits per heavy atom. The summed E-state index contributed by atoms with van der Waals surface area (Å²) in [6.07, 6.45) is 1.45. The molecule has 1 unspecified atom stereocenters. The van der Waals surface area contributed by atoms with Gasteiger partial charge in [0.05, 0.1) is 36.0 Å². The van der Waals surface area contributed by atoms with E-state index in [1.54, 1.807) is 23.2 Å². The number of benzene rings is 1. The average molecular weight is 368 g/mol. The molecule has 1 aromatic carbocycles. The SMILES string of the molecule is Cc1cc(C)n(CC2CN(C(=O)c3cc(F)cc4cccnc34)CCO2)n1. The van der Waals surface area contributed by atoms with Gasteiger partial charge >= 0.3 is 0 Å². The van der Waals surface area contributed by atoms with Crippen LogP contribution in [0.25, 0.3) is 10.9 Å². The fourth-order valence-electron chi connectivity index (χ4n) is 3.56. The molecule has 3 aromatic rings. The smallest absolute Gasteiger partial charge is 0.256 e. The normalized spacial score (nSPS) is 17.4. The number of nitrogens with zero attached hydrogens (tertiary/aromatic N) is 4. The summed E-state index contributed by atoms with van der Waals surface area (Å²) < 4.78 is 21.7. The Morgan fingerprint density at radius 2 is 2.19 bits per heavy atom. The molecule has 2 aromatic heterocycles. The average Bonchev–Trinajstić information content (AvgIpc) is 2.97. The van der Waals surface area contributed by atoms with Gasteiger partial charge in [-0.2, -0.15) is 5.10 Å². The molecule has 140 valence electrons. The highest BCUT2D eigenvalue weighted by Gasteiger charge is 2.27. The minimum absolute atomic E-state index is 0.159. The highest BCUT2D eigenvalue weighted by molar-refractivity contribution is 6.05. The number of carbonyl (C=O) groups is 1. The van der Waals surface area contributed by atoms with Gasteiger partial charge in [0.15, 0.2) is 0 Å². The molecule has 3 heterocycles. The summed E-state index contributed by atoms with van der Waals surface area (Å²) in [5.41, 5.74) is 2.82. The number of hydrogen-bond acceptors (Lipinski definition) is 4. The number of carbonyl (C=O) groups excluding carboxylic acids is 1. The lowest BCUT2D eigenvalue weighted by Gasteiger charge is -2.33. The Morgan fingerprint density at radius 1 is 1.33 bits per heavy atom. The van der Waals surface area contributed by atoms with Crippen LogP contribution in [-0.4, -0.2) is 51.4 Å². The van der Waals surface area contributed by atoms with Crippen molar-refractivity contribution in [3.8, 4) is 0 Å². The van der Waals surface area contributed by atoms with Gasteiger partial charge in [-0.1, -0.05) is 6.07 Å². The van der Waals surface area contributed by atoms with E-state index in [1.807, 2.05) is 24.6 Å². The van der Waals surface area contributed by atoms with Crippen molar-refractivity contribution in [1.82, 2.24) is 19.7 Å². The number of ether oxygens (including phenoxy) is 1. The van der Waals surface area contributed by atoms with Crippen molar-refractivity contribution in [2.24, 2.45) is 0 Å². The standard InChI is InChI=1S/C20H21FN4O2/c1-13-8-14(2)25(23-13)12-17-11-24(6-7-27-17)20(26)18-10-16(21)9-15-4-3-5-22-19(15)18/h3-5,8-10,17H,6-7,11-12H2,1-2H3. The molecule has 0 bridgehead atoms. The zero-order valence-corrected chi connectivity index (χ0v) is 15.4. The maximum Gasteiger partial charge on any atom is 0.256 e. The Labute approximate surface area is 156 Å². The second-order valence-electron chi connectivity index (χ2n) is 6.88. The Bertz CT molecular complexity index is 1000. The van der Waals surface area contributed by atoms with Gasteiger partial charge in [0, 0.05) is 30.4 Å². The molecule has 4 rings (SSSR count). The number of halogens is 1. The molecule has 6 nitrogen and oxygen atoms in total. The van der Waals surface area contributed by atoms with E-state index in [4.69, 9.17) is 4.74 Å². The van der Waals surface area contributed by atoms with E-state index < -0.39 is 5.82 Å². The quantitative estimate of drug-likeness (QED) is 0.713. The molecular formula is C20H21FN4O2. The summed E-state index contributed by atoms with van der Waals surface area (Å²) in [6.45, 7) is 5.86. The number of rotatable bonds is 3. The van der Waals surface area contributed by atoms with Crippen LogP contribution < -0.4 is 0 Å². The number of aromatic nitrogens is 3. The maximum absolute atomic E-state index is 14.0. The summed E-state index contributed by atoms with van der Waals surface area (Å²) in [7, 11) is 0. The third-order valence-corrected chi connectivity index (χ3v) is 4.81. The number of amides is 1. The van der Waals surface area contributed by atoms with Gasteiger partial charge in [0.1, 0.15) is 5.82 Å². The lowest BCUT2D eigenvalue weighted by Crippen LogP contribution is -2.47. The highest BCUT2D eigenvalue weighted by Crippen LogP contribution is 2.21. The van der Waals surface area contributed by atoms with Crippen molar-refractivity contribution >= 4 is 16.8 Å². The molecule has 1 amide bonds. The highest BCUT2D eigenvalue weighted by atomic mass is 19.1. The summed E-state index contributed by atoms with van der Waals surface area (Å²) in [6, 6.07) is 8.16.